The van der Waals surface area contributed by atoms with Gasteiger partial charge in [0.25, 0.3) is 0 Å². The molecule has 5 heteroatoms. The quantitative estimate of drug-likeness (QED) is 0.502. The number of hydrogen-bond donors (Lipinski definition) is 0. The van der Waals surface area contributed by atoms with Gasteiger partial charge in [0.2, 0.25) is 5.91 Å². The van der Waals surface area contributed by atoms with E-state index in [0.717, 1.165) is 36.2 Å². The van der Waals surface area contributed by atoms with Crippen molar-refractivity contribution in [1.82, 2.24) is 14.5 Å². The third kappa shape index (κ3) is 3.16. The number of nitrogens with zero attached hydrogens (tertiary/aromatic N) is 3. The van der Waals surface area contributed by atoms with E-state index in [1.807, 2.05) is 30.5 Å². The summed E-state index contributed by atoms with van der Waals surface area (Å²) in [6.45, 7) is 6.21. The lowest BCUT2D eigenvalue weighted by Crippen LogP contribution is -2.20. The number of hydrogen-bond acceptors (Lipinski definition) is 4. The summed E-state index contributed by atoms with van der Waals surface area (Å²) in [5.41, 5.74) is 5.48. The van der Waals surface area contributed by atoms with Gasteiger partial charge in [-0.2, -0.15) is 0 Å². The van der Waals surface area contributed by atoms with Gasteiger partial charge in [-0.1, -0.05) is 36.9 Å². The third-order valence-electron chi connectivity index (χ3n) is 5.05. The smallest absolute Gasteiger partial charge is 0.241 e. The summed E-state index contributed by atoms with van der Waals surface area (Å²) in [7, 11) is 0. The van der Waals surface area contributed by atoms with Crippen molar-refractivity contribution in [3.05, 3.63) is 53.0 Å². The number of aryl methyl sites for hydroxylation is 2. The second-order valence-electron chi connectivity index (χ2n) is 7.24. The van der Waals surface area contributed by atoms with Crippen molar-refractivity contribution in [2.45, 2.75) is 45.2 Å². The molecule has 0 saturated carbocycles. The highest BCUT2D eigenvalue weighted by Crippen LogP contribution is 2.34. The zero-order valence-corrected chi connectivity index (χ0v) is 16.3. The van der Waals surface area contributed by atoms with Crippen molar-refractivity contribution in [2.75, 3.05) is 5.75 Å². The number of para-hydroxylation sites is 1. The van der Waals surface area contributed by atoms with Crippen LogP contribution < -0.4 is 0 Å². The molecule has 1 aromatic carbocycles. The topological polar surface area (TPSA) is 47.8 Å². The first-order valence-corrected chi connectivity index (χ1v) is 10.1. The van der Waals surface area contributed by atoms with E-state index in [9.17, 15) is 4.79 Å². The monoisotopic (exact) mass is 365 g/mol. The van der Waals surface area contributed by atoms with Crippen LogP contribution in [0.2, 0.25) is 0 Å². The van der Waals surface area contributed by atoms with Gasteiger partial charge in [-0.3, -0.25) is 9.36 Å². The summed E-state index contributed by atoms with van der Waals surface area (Å²) in [6.07, 6.45) is 3.18. The lowest BCUT2D eigenvalue weighted by atomic mass is 9.88. The van der Waals surface area contributed by atoms with Gasteiger partial charge in [-0.15, -0.1) is 0 Å². The number of thioether (sulfide) groups is 1. The zero-order valence-electron chi connectivity index (χ0n) is 15.5. The Labute approximate surface area is 158 Å². The van der Waals surface area contributed by atoms with Crippen LogP contribution >= 0.6 is 11.8 Å². The minimum absolute atomic E-state index is 0.116. The molecule has 4 rings (SSSR count). The first-order valence-electron chi connectivity index (χ1n) is 9.12. The Kier molecular flexibility index (Phi) is 4.57. The van der Waals surface area contributed by atoms with Gasteiger partial charge in [-0.25, -0.2) is 9.97 Å². The predicted octanol–water partition coefficient (Wildman–Crippen LogP) is 4.61. The number of carbonyl (C=O) groups excluding carboxylic acids is 1. The Bertz CT molecular complexity index is 972. The SMILES string of the molecule is Cc1cc(C)nc(SCC(=O)n2c3c(c4ccccc42)C[C@H](C)CC3)n1. The Hall–Kier alpha value is -2.14. The van der Waals surface area contributed by atoms with Crippen molar-refractivity contribution in [3.63, 3.8) is 0 Å². The molecule has 134 valence electrons. The molecule has 0 saturated heterocycles. The number of benzene rings is 1. The van der Waals surface area contributed by atoms with Crippen LogP contribution in [0.15, 0.2) is 35.5 Å². The zero-order chi connectivity index (χ0) is 18.3. The van der Waals surface area contributed by atoms with Crippen LogP contribution in [-0.4, -0.2) is 26.2 Å². The highest BCUT2D eigenvalue weighted by atomic mass is 32.2. The van der Waals surface area contributed by atoms with Crippen LogP contribution in [0.1, 0.15) is 40.8 Å². The second kappa shape index (κ2) is 6.88. The van der Waals surface area contributed by atoms with Crippen LogP contribution in [0.3, 0.4) is 0 Å². The normalized spacial score (nSPS) is 16.7. The fourth-order valence-electron chi connectivity index (χ4n) is 3.92. The molecule has 4 nitrogen and oxygen atoms in total. The van der Waals surface area contributed by atoms with Crippen LogP contribution in [-0.2, 0) is 12.8 Å². The van der Waals surface area contributed by atoms with Gasteiger partial charge in [0.15, 0.2) is 5.16 Å². The highest BCUT2D eigenvalue weighted by molar-refractivity contribution is 7.99. The fourth-order valence-corrected chi connectivity index (χ4v) is 4.72. The maximum Gasteiger partial charge on any atom is 0.241 e. The average Bonchev–Trinajstić information content (AvgIpc) is 2.93. The molecule has 0 amide bonds. The standard InChI is InChI=1S/C21H23N3OS/c1-13-8-9-19-17(10-13)16-6-4-5-7-18(16)24(19)20(25)12-26-21-22-14(2)11-15(3)23-21/h4-7,11,13H,8-10,12H2,1-3H3/t13-/m1/s1. The van der Waals surface area contributed by atoms with Crippen molar-refractivity contribution in [1.29, 1.82) is 0 Å². The van der Waals surface area contributed by atoms with E-state index in [2.05, 4.69) is 35.1 Å². The molecule has 0 bridgehead atoms. The van der Waals surface area contributed by atoms with E-state index in [1.165, 1.54) is 28.4 Å². The molecule has 0 spiro atoms. The Morgan fingerprint density at radius 2 is 1.96 bits per heavy atom. The number of fused-ring (bicyclic) bond motifs is 3. The maximum absolute atomic E-state index is 13.1. The van der Waals surface area contributed by atoms with E-state index < -0.39 is 0 Å². The number of rotatable bonds is 3. The molecule has 1 atom stereocenters. The summed E-state index contributed by atoms with van der Waals surface area (Å²) in [4.78, 5) is 22.0. The minimum Gasteiger partial charge on any atom is -0.283 e. The van der Waals surface area contributed by atoms with Crippen LogP contribution in [0.4, 0.5) is 0 Å². The molecule has 0 fully saturated rings. The van der Waals surface area contributed by atoms with E-state index >= 15 is 0 Å². The highest BCUT2D eigenvalue weighted by Gasteiger charge is 2.25. The van der Waals surface area contributed by atoms with Gasteiger partial charge in [0.05, 0.1) is 11.3 Å². The lowest BCUT2D eigenvalue weighted by molar-refractivity contribution is 0.0943. The van der Waals surface area contributed by atoms with Gasteiger partial charge in [-0.05, 0) is 56.7 Å². The van der Waals surface area contributed by atoms with E-state index in [4.69, 9.17) is 0 Å². The largest absolute Gasteiger partial charge is 0.283 e. The van der Waals surface area contributed by atoms with Crippen molar-refractivity contribution in [3.8, 4) is 0 Å². The molecular formula is C21H23N3OS. The summed E-state index contributed by atoms with van der Waals surface area (Å²) in [6, 6.07) is 10.2. The maximum atomic E-state index is 13.1. The van der Waals surface area contributed by atoms with Gasteiger partial charge in [0, 0.05) is 22.5 Å². The summed E-state index contributed by atoms with van der Waals surface area (Å²) >= 11 is 1.42. The first-order chi connectivity index (χ1) is 12.5. The Morgan fingerprint density at radius 1 is 1.23 bits per heavy atom. The van der Waals surface area contributed by atoms with E-state index in [-0.39, 0.29) is 5.91 Å². The summed E-state index contributed by atoms with van der Waals surface area (Å²) < 4.78 is 1.95. The molecule has 0 radical (unpaired) electrons. The molecule has 0 aliphatic heterocycles. The second-order valence-corrected chi connectivity index (χ2v) is 8.18. The van der Waals surface area contributed by atoms with E-state index in [1.54, 1.807) is 0 Å². The molecule has 0 unspecified atom stereocenters. The molecule has 3 aromatic rings. The summed E-state index contributed by atoms with van der Waals surface area (Å²) in [5, 5.41) is 1.91. The first kappa shape index (κ1) is 17.3. The van der Waals surface area contributed by atoms with Crippen molar-refractivity contribution < 1.29 is 4.79 Å². The lowest BCUT2D eigenvalue weighted by Gasteiger charge is -2.20. The van der Waals surface area contributed by atoms with Gasteiger partial charge < -0.3 is 0 Å². The van der Waals surface area contributed by atoms with Crippen molar-refractivity contribution >= 4 is 28.6 Å². The van der Waals surface area contributed by atoms with Crippen molar-refractivity contribution in [2.24, 2.45) is 5.92 Å². The molecule has 2 heterocycles. The molecule has 26 heavy (non-hydrogen) atoms. The van der Waals surface area contributed by atoms with Crippen LogP contribution in [0, 0.1) is 19.8 Å². The number of carbonyl (C=O) groups is 1. The van der Waals surface area contributed by atoms with Gasteiger partial charge >= 0.3 is 0 Å². The molecule has 1 aliphatic rings. The Balaban J connectivity index is 1.67. The predicted molar refractivity (Wildman–Crippen MR) is 106 cm³/mol. The average molecular weight is 366 g/mol. The Morgan fingerprint density at radius 3 is 2.73 bits per heavy atom. The van der Waals surface area contributed by atoms with E-state index in [0.29, 0.717) is 16.8 Å². The van der Waals surface area contributed by atoms with Crippen LogP contribution in [0.5, 0.6) is 0 Å². The molecule has 0 N–H and O–H groups in total. The third-order valence-corrected chi connectivity index (χ3v) is 5.88. The van der Waals surface area contributed by atoms with Gasteiger partial charge in [0.1, 0.15) is 0 Å². The number of aromatic nitrogens is 3. The fraction of sp³-hybridized carbons (Fsp3) is 0.381. The molecule has 2 aromatic heterocycles. The molecule has 1 aliphatic carbocycles. The summed E-state index contributed by atoms with van der Waals surface area (Å²) in [5.74, 6) is 1.14. The van der Waals surface area contributed by atoms with Crippen LogP contribution in [0.25, 0.3) is 10.9 Å². The minimum atomic E-state index is 0.116. The molecular weight excluding hydrogens is 342 g/mol.